The van der Waals surface area contributed by atoms with Crippen molar-refractivity contribution in [2.75, 3.05) is 0 Å². The summed E-state index contributed by atoms with van der Waals surface area (Å²) in [5.41, 5.74) is -1.16. The molecule has 2 aromatic carbocycles. The van der Waals surface area contributed by atoms with Gasteiger partial charge < -0.3 is 4.74 Å². The molecule has 0 fully saturated rings. The summed E-state index contributed by atoms with van der Waals surface area (Å²) in [6, 6.07) is 8.39. The zero-order valence-corrected chi connectivity index (χ0v) is 13.7. The van der Waals surface area contributed by atoms with Gasteiger partial charge in [0.25, 0.3) is 11.4 Å². The summed E-state index contributed by atoms with van der Waals surface area (Å²) in [6.45, 7) is 1.18. The maximum atomic E-state index is 14.1. The first-order valence-electron chi connectivity index (χ1n) is 7.51. The highest BCUT2D eigenvalue weighted by molar-refractivity contribution is 5.97. The lowest BCUT2D eigenvalue weighted by Gasteiger charge is -2.19. The number of hydrogen-bond donors (Lipinski definition) is 0. The monoisotopic (exact) mass is 374 g/mol. The zero-order chi connectivity index (χ0) is 19.7. The lowest BCUT2D eigenvalue weighted by molar-refractivity contribution is -0.394. The molecule has 0 radical (unpaired) electrons. The van der Waals surface area contributed by atoms with Crippen molar-refractivity contribution in [3.05, 3.63) is 79.6 Å². The minimum Gasteiger partial charge on any atom is -0.446 e. The number of amides is 1. The standard InChI is InChI=1S/C16H11FN4O6/c1-9(22)19-16(13-4-2-3-5-14(13)17)27-15(18-19)10-6-11(20(23)24)8-12(7-10)21(25)26/h2-8,16H,1H3/t16-/m1/s1. The van der Waals surface area contributed by atoms with Crippen molar-refractivity contribution in [2.45, 2.75) is 13.2 Å². The lowest BCUT2D eigenvalue weighted by Crippen LogP contribution is -2.26. The van der Waals surface area contributed by atoms with Crippen molar-refractivity contribution in [1.29, 1.82) is 0 Å². The Labute approximate surface area is 150 Å². The van der Waals surface area contributed by atoms with Gasteiger partial charge in [0.1, 0.15) is 5.82 Å². The van der Waals surface area contributed by atoms with E-state index in [1.165, 1.54) is 31.2 Å². The number of non-ortho nitro benzene ring substituents is 2. The fourth-order valence-electron chi connectivity index (χ4n) is 2.49. The highest BCUT2D eigenvalue weighted by atomic mass is 19.1. The van der Waals surface area contributed by atoms with Crippen molar-refractivity contribution in [3.63, 3.8) is 0 Å². The average molecular weight is 374 g/mol. The Kier molecular flexibility index (Phi) is 4.50. The van der Waals surface area contributed by atoms with Crippen LogP contribution < -0.4 is 0 Å². The van der Waals surface area contributed by atoms with Gasteiger partial charge in [-0.3, -0.25) is 25.0 Å². The number of halogens is 1. The number of nitro groups is 2. The second kappa shape index (κ2) is 6.78. The van der Waals surface area contributed by atoms with E-state index in [1.807, 2.05) is 0 Å². The molecule has 1 atom stereocenters. The molecule has 2 aromatic rings. The predicted octanol–water partition coefficient (Wildman–Crippen LogP) is 2.88. The van der Waals surface area contributed by atoms with Crippen LogP contribution in [-0.4, -0.2) is 26.7 Å². The van der Waals surface area contributed by atoms with Crippen LogP contribution in [0.1, 0.15) is 24.3 Å². The molecule has 138 valence electrons. The Balaban J connectivity index is 2.06. The van der Waals surface area contributed by atoms with Gasteiger partial charge in [-0.25, -0.2) is 4.39 Å². The molecule has 1 heterocycles. The molecule has 11 heteroatoms. The number of hydrogen-bond acceptors (Lipinski definition) is 7. The molecule has 0 bridgehead atoms. The lowest BCUT2D eigenvalue weighted by atomic mass is 10.1. The van der Waals surface area contributed by atoms with Gasteiger partial charge in [0.15, 0.2) is 0 Å². The van der Waals surface area contributed by atoms with E-state index >= 15 is 0 Å². The van der Waals surface area contributed by atoms with Crippen LogP contribution in [0.3, 0.4) is 0 Å². The number of nitro benzene ring substituents is 2. The SMILES string of the molecule is CC(=O)N1N=C(c2cc([N+](=O)[O-])cc([N+](=O)[O-])c2)O[C@@H]1c1ccccc1F. The van der Waals surface area contributed by atoms with Gasteiger partial charge in [-0.2, -0.15) is 5.01 Å². The molecule has 0 aliphatic carbocycles. The molecular weight excluding hydrogens is 363 g/mol. The van der Waals surface area contributed by atoms with Gasteiger partial charge in [0.2, 0.25) is 18.0 Å². The van der Waals surface area contributed by atoms with Crippen LogP contribution >= 0.6 is 0 Å². The number of carbonyl (C=O) groups is 1. The maximum absolute atomic E-state index is 14.1. The van der Waals surface area contributed by atoms with Gasteiger partial charge in [-0.15, -0.1) is 5.10 Å². The predicted molar refractivity (Wildman–Crippen MR) is 89.0 cm³/mol. The molecule has 1 aliphatic heterocycles. The van der Waals surface area contributed by atoms with Gasteiger partial charge >= 0.3 is 0 Å². The topological polar surface area (TPSA) is 128 Å². The van der Waals surface area contributed by atoms with Crippen molar-refractivity contribution < 1.29 is 23.8 Å². The van der Waals surface area contributed by atoms with Gasteiger partial charge in [0.05, 0.1) is 27.0 Å². The second-order valence-electron chi connectivity index (χ2n) is 5.51. The molecule has 1 amide bonds. The minimum atomic E-state index is -1.24. The Morgan fingerprint density at radius 2 is 1.74 bits per heavy atom. The first-order valence-corrected chi connectivity index (χ1v) is 7.51. The number of ether oxygens (including phenoxy) is 1. The Hall–Kier alpha value is -3.89. The Morgan fingerprint density at radius 1 is 1.15 bits per heavy atom. The van der Waals surface area contributed by atoms with Crippen molar-refractivity contribution in [3.8, 4) is 0 Å². The summed E-state index contributed by atoms with van der Waals surface area (Å²) in [4.78, 5) is 32.3. The van der Waals surface area contributed by atoms with E-state index in [0.717, 1.165) is 23.2 Å². The van der Waals surface area contributed by atoms with Crippen LogP contribution in [0.4, 0.5) is 15.8 Å². The van der Waals surface area contributed by atoms with E-state index in [0.29, 0.717) is 0 Å². The van der Waals surface area contributed by atoms with E-state index in [1.54, 1.807) is 0 Å². The minimum absolute atomic E-state index is 0.0198. The highest BCUT2D eigenvalue weighted by Crippen LogP contribution is 2.33. The molecule has 3 rings (SSSR count). The number of benzene rings is 2. The Bertz CT molecular complexity index is 960. The number of rotatable bonds is 4. The van der Waals surface area contributed by atoms with Crippen LogP contribution in [0, 0.1) is 26.0 Å². The molecule has 0 unspecified atom stereocenters. The smallest absolute Gasteiger partial charge is 0.277 e. The van der Waals surface area contributed by atoms with Crippen LogP contribution in [0.2, 0.25) is 0 Å². The molecule has 10 nitrogen and oxygen atoms in total. The molecular formula is C16H11FN4O6. The normalized spacial score (nSPS) is 15.9. The average Bonchev–Trinajstić information content (AvgIpc) is 3.07. The summed E-state index contributed by atoms with van der Waals surface area (Å²) >= 11 is 0. The largest absolute Gasteiger partial charge is 0.446 e. The summed E-state index contributed by atoms with van der Waals surface area (Å²) in [5, 5.41) is 26.9. The summed E-state index contributed by atoms with van der Waals surface area (Å²) in [7, 11) is 0. The second-order valence-corrected chi connectivity index (χ2v) is 5.51. The van der Waals surface area contributed by atoms with Crippen LogP contribution in [0.5, 0.6) is 0 Å². The first-order chi connectivity index (χ1) is 12.8. The highest BCUT2D eigenvalue weighted by Gasteiger charge is 2.35. The van der Waals surface area contributed by atoms with E-state index < -0.39 is 39.2 Å². The molecule has 1 aliphatic rings. The fraction of sp³-hybridized carbons (Fsp3) is 0.125. The third-order valence-electron chi connectivity index (χ3n) is 3.71. The number of carbonyl (C=O) groups excluding carboxylic acids is 1. The molecule has 0 aromatic heterocycles. The van der Waals surface area contributed by atoms with Crippen molar-refractivity contribution in [1.82, 2.24) is 5.01 Å². The summed E-state index contributed by atoms with van der Waals surface area (Å²) in [5.74, 6) is -1.49. The van der Waals surface area contributed by atoms with Crippen molar-refractivity contribution >= 4 is 23.2 Å². The van der Waals surface area contributed by atoms with E-state index in [9.17, 15) is 29.4 Å². The van der Waals surface area contributed by atoms with Gasteiger partial charge in [0, 0.05) is 19.1 Å². The van der Waals surface area contributed by atoms with E-state index in [4.69, 9.17) is 4.74 Å². The van der Waals surface area contributed by atoms with Gasteiger partial charge in [-0.05, 0) is 6.07 Å². The summed E-state index contributed by atoms with van der Waals surface area (Å²) < 4.78 is 19.6. The van der Waals surface area contributed by atoms with Crippen LogP contribution in [-0.2, 0) is 9.53 Å². The van der Waals surface area contributed by atoms with Crippen LogP contribution in [0.25, 0.3) is 0 Å². The number of nitrogens with zero attached hydrogens (tertiary/aromatic N) is 4. The molecule has 0 saturated carbocycles. The van der Waals surface area contributed by atoms with E-state index in [-0.39, 0.29) is 17.0 Å². The maximum Gasteiger partial charge on any atom is 0.277 e. The fourth-order valence-corrected chi connectivity index (χ4v) is 2.49. The van der Waals surface area contributed by atoms with E-state index in [2.05, 4.69) is 5.10 Å². The van der Waals surface area contributed by atoms with Crippen LogP contribution in [0.15, 0.2) is 47.6 Å². The third-order valence-corrected chi connectivity index (χ3v) is 3.71. The van der Waals surface area contributed by atoms with Gasteiger partial charge in [-0.1, -0.05) is 18.2 Å². The molecule has 0 spiro atoms. The zero-order valence-electron chi connectivity index (χ0n) is 13.7. The third kappa shape index (κ3) is 3.42. The Morgan fingerprint density at radius 3 is 2.26 bits per heavy atom. The number of hydrazone groups is 1. The first kappa shape index (κ1) is 17.9. The molecule has 0 N–H and O–H groups in total. The molecule has 0 saturated heterocycles. The van der Waals surface area contributed by atoms with Crippen molar-refractivity contribution in [2.24, 2.45) is 5.10 Å². The quantitative estimate of drug-likeness (QED) is 0.598. The molecule has 27 heavy (non-hydrogen) atoms. The summed E-state index contributed by atoms with van der Waals surface area (Å²) in [6.07, 6.45) is -1.24.